The summed E-state index contributed by atoms with van der Waals surface area (Å²) in [4.78, 5) is 28.7. The van der Waals surface area contributed by atoms with Gasteiger partial charge in [0.05, 0.1) is 0 Å². The van der Waals surface area contributed by atoms with Crippen LogP contribution in [0.5, 0.6) is 0 Å². The minimum Gasteiger partial charge on any atom is -0.364 e. The maximum Gasteiger partial charge on any atom is 0.259 e. The molecule has 1 N–H and O–H groups in total. The Morgan fingerprint density at radius 1 is 1.44 bits per heavy atom. The van der Waals surface area contributed by atoms with Crippen molar-refractivity contribution in [3.05, 3.63) is 33.7 Å². The van der Waals surface area contributed by atoms with E-state index in [9.17, 15) is 9.59 Å². The first-order valence-electron chi connectivity index (χ1n) is 6.13. The quantitative estimate of drug-likeness (QED) is 0.885. The van der Waals surface area contributed by atoms with Gasteiger partial charge < -0.3 is 9.88 Å². The lowest BCUT2D eigenvalue weighted by atomic mass is 10.1. The van der Waals surface area contributed by atoms with Gasteiger partial charge in [-0.05, 0) is 26.0 Å². The number of pyridine rings is 1. The van der Waals surface area contributed by atoms with Gasteiger partial charge in [0.15, 0.2) is 5.43 Å². The molecule has 1 fully saturated rings. The summed E-state index contributed by atoms with van der Waals surface area (Å²) in [6, 6.07) is 1.47. The van der Waals surface area contributed by atoms with E-state index in [1.165, 1.54) is 12.3 Å². The van der Waals surface area contributed by atoms with Crippen molar-refractivity contribution in [2.24, 2.45) is 0 Å². The minimum absolute atomic E-state index is 0.143. The molecule has 4 nitrogen and oxygen atoms in total. The third-order valence-electron chi connectivity index (χ3n) is 3.35. The van der Waals surface area contributed by atoms with Crippen molar-refractivity contribution >= 4 is 17.7 Å². The van der Waals surface area contributed by atoms with Gasteiger partial charge in [0.25, 0.3) is 5.91 Å². The van der Waals surface area contributed by atoms with Crippen LogP contribution in [0.2, 0.25) is 0 Å². The third kappa shape index (κ3) is 2.77. The highest BCUT2D eigenvalue weighted by Crippen LogP contribution is 2.21. The summed E-state index contributed by atoms with van der Waals surface area (Å²) in [5.41, 5.74) is 0.837. The summed E-state index contributed by atoms with van der Waals surface area (Å²) in [5, 5.41) is 0.644. The number of amides is 1. The second-order valence-corrected chi connectivity index (χ2v) is 5.76. The molecule has 0 aromatic carbocycles. The Labute approximate surface area is 111 Å². The van der Waals surface area contributed by atoms with E-state index in [-0.39, 0.29) is 16.9 Å². The molecular weight excluding hydrogens is 248 g/mol. The number of carbonyl (C=O) groups is 1. The number of nitrogens with one attached hydrogen (secondary N) is 1. The number of rotatable bonds is 2. The van der Waals surface area contributed by atoms with Gasteiger partial charge in [-0.1, -0.05) is 0 Å². The van der Waals surface area contributed by atoms with Crippen LogP contribution in [0.4, 0.5) is 0 Å². The Morgan fingerprint density at radius 3 is 2.67 bits per heavy atom. The summed E-state index contributed by atoms with van der Waals surface area (Å²) >= 11 is 1.85. The van der Waals surface area contributed by atoms with Gasteiger partial charge in [-0.3, -0.25) is 9.59 Å². The summed E-state index contributed by atoms with van der Waals surface area (Å²) < 4.78 is 0. The molecule has 0 aliphatic carbocycles. The summed E-state index contributed by atoms with van der Waals surface area (Å²) in [6.07, 6.45) is 5.65. The second-order valence-electron chi connectivity index (χ2n) is 4.62. The molecule has 0 spiro atoms. The SMILES string of the molecule is CSC1CCN(C(=O)c2c[nH]c(C)cc2=O)CC1. The number of nitrogens with zero attached hydrogens (tertiary/aromatic N) is 1. The molecule has 0 atom stereocenters. The van der Waals surface area contributed by atoms with Gasteiger partial charge in [0, 0.05) is 36.3 Å². The van der Waals surface area contributed by atoms with Crippen LogP contribution >= 0.6 is 11.8 Å². The number of aromatic amines is 1. The molecular formula is C13H18N2O2S. The number of hydrogen-bond acceptors (Lipinski definition) is 3. The van der Waals surface area contributed by atoms with E-state index in [4.69, 9.17) is 0 Å². The number of hydrogen-bond donors (Lipinski definition) is 1. The highest BCUT2D eigenvalue weighted by Gasteiger charge is 2.24. The highest BCUT2D eigenvalue weighted by molar-refractivity contribution is 7.99. The van der Waals surface area contributed by atoms with Gasteiger partial charge in [0.1, 0.15) is 5.56 Å². The van der Waals surface area contributed by atoms with Gasteiger partial charge >= 0.3 is 0 Å². The average Bonchev–Trinajstić information content (AvgIpc) is 2.38. The molecule has 1 saturated heterocycles. The molecule has 0 radical (unpaired) electrons. The van der Waals surface area contributed by atoms with Crippen LogP contribution in [-0.2, 0) is 0 Å². The molecule has 98 valence electrons. The fourth-order valence-corrected chi connectivity index (χ4v) is 2.89. The Kier molecular flexibility index (Phi) is 4.11. The summed E-state index contributed by atoms with van der Waals surface area (Å²) in [7, 11) is 0. The van der Waals surface area contributed by atoms with E-state index in [0.717, 1.165) is 31.6 Å². The topological polar surface area (TPSA) is 53.2 Å². The molecule has 1 aromatic heterocycles. The number of thioether (sulfide) groups is 1. The fraction of sp³-hybridized carbons (Fsp3) is 0.538. The van der Waals surface area contributed by atoms with Crippen molar-refractivity contribution in [1.82, 2.24) is 9.88 Å². The molecule has 1 aromatic rings. The van der Waals surface area contributed by atoms with Crippen LogP contribution < -0.4 is 5.43 Å². The van der Waals surface area contributed by atoms with Gasteiger partial charge in [-0.2, -0.15) is 11.8 Å². The predicted octanol–water partition coefficient (Wildman–Crippen LogP) is 1.65. The van der Waals surface area contributed by atoms with E-state index >= 15 is 0 Å². The van der Waals surface area contributed by atoms with Crippen LogP contribution in [0.3, 0.4) is 0 Å². The number of likely N-dealkylation sites (tertiary alicyclic amines) is 1. The lowest BCUT2D eigenvalue weighted by molar-refractivity contribution is 0.0726. The predicted molar refractivity (Wildman–Crippen MR) is 74.2 cm³/mol. The first kappa shape index (κ1) is 13.2. The average molecular weight is 266 g/mol. The number of carbonyl (C=O) groups excluding carboxylic acids is 1. The van der Waals surface area contributed by atoms with Gasteiger partial charge in [-0.15, -0.1) is 0 Å². The van der Waals surface area contributed by atoms with Crippen LogP contribution in [-0.4, -0.2) is 40.4 Å². The Balaban J connectivity index is 2.10. The first-order chi connectivity index (χ1) is 8.61. The molecule has 0 saturated carbocycles. The Morgan fingerprint density at radius 2 is 2.11 bits per heavy atom. The number of aromatic nitrogens is 1. The summed E-state index contributed by atoms with van der Waals surface area (Å²) in [5.74, 6) is -0.143. The fourth-order valence-electron chi connectivity index (χ4n) is 2.21. The zero-order valence-corrected chi connectivity index (χ0v) is 11.5. The molecule has 1 aliphatic rings. The highest BCUT2D eigenvalue weighted by atomic mass is 32.2. The van der Waals surface area contributed by atoms with E-state index in [2.05, 4.69) is 11.2 Å². The van der Waals surface area contributed by atoms with Crippen molar-refractivity contribution in [3.8, 4) is 0 Å². The van der Waals surface area contributed by atoms with Crippen LogP contribution in [0.25, 0.3) is 0 Å². The zero-order valence-electron chi connectivity index (χ0n) is 10.7. The van der Waals surface area contributed by atoms with Crippen molar-refractivity contribution in [2.75, 3.05) is 19.3 Å². The van der Waals surface area contributed by atoms with Crippen molar-refractivity contribution in [2.45, 2.75) is 25.0 Å². The standard InChI is InChI=1S/C13H18N2O2S/c1-9-7-12(16)11(8-14-9)13(17)15-5-3-10(18-2)4-6-15/h7-8,10H,3-6H2,1-2H3,(H,14,16). The molecule has 0 unspecified atom stereocenters. The smallest absolute Gasteiger partial charge is 0.259 e. The zero-order chi connectivity index (χ0) is 13.1. The number of H-pyrrole nitrogens is 1. The van der Waals surface area contributed by atoms with Crippen LogP contribution in [0.15, 0.2) is 17.1 Å². The molecule has 2 heterocycles. The van der Waals surface area contributed by atoms with Crippen LogP contribution in [0, 0.1) is 6.92 Å². The molecule has 18 heavy (non-hydrogen) atoms. The molecule has 1 aliphatic heterocycles. The van der Waals surface area contributed by atoms with Gasteiger partial charge in [-0.25, -0.2) is 0 Å². The van der Waals surface area contributed by atoms with Gasteiger partial charge in [0.2, 0.25) is 0 Å². The van der Waals surface area contributed by atoms with Crippen molar-refractivity contribution < 1.29 is 4.79 Å². The normalized spacial score (nSPS) is 16.9. The molecule has 5 heteroatoms. The lowest BCUT2D eigenvalue weighted by Gasteiger charge is -2.31. The Bertz CT molecular complexity index is 490. The number of aryl methyl sites for hydroxylation is 1. The van der Waals surface area contributed by atoms with Crippen molar-refractivity contribution in [1.29, 1.82) is 0 Å². The first-order valence-corrected chi connectivity index (χ1v) is 7.42. The maximum absolute atomic E-state index is 12.2. The summed E-state index contributed by atoms with van der Waals surface area (Å²) in [6.45, 7) is 3.30. The van der Waals surface area contributed by atoms with Crippen molar-refractivity contribution in [3.63, 3.8) is 0 Å². The van der Waals surface area contributed by atoms with E-state index in [1.807, 2.05) is 11.8 Å². The number of piperidine rings is 1. The second kappa shape index (κ2) is 5.61. The monoisotopic (exact) mass is 266 g/mol. The lowest BCUT2D eigenvalue weighted by Crippen LogP contribution is -2.41. The Hall–Kier alpha value is -1.23. The maximum atomic E-state index is 12.2. The molecule has 0 bridgehead atoms. The third-order valence-corrected chi connectivity index (χ3v) is 4.49. The van der Waals surface area contributed by atoms with Crippen LogP contribution in [0.1, 0.15) is 28.9 Å². The van der Waals surface area contributed by atoms with E-state index in [1.54, 1.807) is 11.8 Å². The molecule has 1 amide bonds. The minimum atomic E-state index is -0.191. The van der Waals surface area contributed by atoms with E-state index in [0.29, 0.717) is 5.25 Å². The van der Waals surface area contributed by atoms with E-state index < -0.39 is 0 Å². The molecule has 2 rings (SSSR count). The largest absolute Gasteiger partial charge is 0.364 e.